The van der Waals surface area contributed by atoms with E-state index in [-0.39, 0.29) is 5.91 Å². The number of aromatic nitrogens is 4. The summed E-state index contributed by atoms with van der Waals surface area (Å²) in [6.07, 6.45) is 3.35. The fraction of sp³-hybridized carbons (Fsp3) is 0.174. The second kappa shape index (κ2) is 10.1. The second-order valence-corrected chi connectivity index (χ2v) is 7.35. The van der Waals surface area contributed by atoms with Crippen LogP contribution in [0.5, 0.6) is 0 Å². The minimum Gasteiger partial charge on any atom is -0.383 e. The number of hydroxylamine groups is 1. The van der Waals surface area contributed by atoms with E-state index < -0.39 is 5.91 Å². The van der Waals surface area contributed by atoms with E-state index in [0.717, 1.165) is 11.4 Å². The van der Waals surface area contributed by atoms with Gasteiger partial charge in [-0.3, -0.25) is 19.2 Å². The first-order valence-corrected chi connectivity index (χ1v) is 10.4. The van der Waals surface area contributed by atoms with Gasteiger partial charge in [-0.25, -0.2) is 20.4 Å². The van der Waals surface area contributed by atoms with Crippen molar-refractivity contribution in [2.75, 3.05) is 25.6 Å². The van der Waals surface area contributed by atoms with Crippen LogP contribution in [0, 0.1) is 6.92 Å². The van der Waals surface area contributed by atoms with Gasteiger partial charge in [-0.05, 0) is 49.4 Å². The number of anilines is 2. The van der Waals surface area contributed by atoms with Gasteiger partial charge in [0.2, 0.25) is 5.95 Å². The number of pyridine rings is 1. The van der Waals surface area contributed by atoms with Crippen LogP contribution < -0.4 is 16.1 Å². The second-order valence-electron chi connectivity index (χ2n) is 7.35. The van der Waals surface area contributed by atoms with Gasteiger partial charge in [0.25, 0.3) is 11.8 Å². The maximum Gasteiger partial charge on any atom is 0.274 e. The van der Waals surface area contributed by atoms with Crippen molar-refractivity contribution in [2.45, 2.75) is 6.92 Å². The average Bonchev–Trinajstić information content (AvgIpc) is 3.19. The van der Waals surface area contributed by atoms with Crippen LogP contribution in [0.4, 0.5) is 11.6 Å². The van der Waals surface area contributed by atoms with E-state index in [9.17, 15) is 9.59 Å². The molecule has 1 aromatic carbocycles. The molecule has 4 N–H and O–H groups in total. The summed E-state index contributed by atoms with van der Waals surface area (Å²) in [5.41, 5.74) is 5.85. The smallest absolute Gasteiger partial charge is 0.274 e. The SMILES string of the molecule is COCCNC(=O)c1ccc2nc(C)c(-c3ccnc(Nc4ccc(C(=O)NO)cc4)n3)n2c1. The van der Waals surface area contributed by atoms with Crippen molar-refractivity contribution in [1.29, 1.82) is 0 Å². The molecule has 4 rings (SSSR count). The highest BCUT2D eigenvalue weighted by Gasteiger charge is 2.15. The normalized spacial score (nSPS) is 10.8. The first kappa shape index (κ1) is 22.8. The molecule has 0 saturated carbocycles. The van der Waals surface area contributed by atoms with Crippen LogP contribution >= 0.6 is 0 Å². The fourth-order valence-corrected chi connectivity index (χ4v) is 3.42. The molecule has 0 aliphatic carbocycles. The Morgan fingerprint density at radius 3 is 2.53 bits per heavy atom. The van der Waals surface area contributed by atoms with E-state index in [1.165, 1.54) is 0 Å². The van der Waals surface area contributed by atoms with E-state index >= 15 is 0 Å². The lowest BCUT2D eigenvalue weighted by molar-refractivity contribution is 0.0706. The van der Waals surface area contributed by atoms with Crippen LogP contribution in [0.3, 0.4) is 0 Å². The van der Waals surface area contributed by atoms with Gasteiger partial charge in [0.05, 0.1) is 29.3 Å². The quantitative estimate of drug-likeness (QED) is 0.178. The van der Waals surface area contributed by atoms with Gasteiger partial charge < -0.3 is 15.4 Å². The van der Waals surface area contributed by atoms with Crippen molar-refractivity contribution >= 4 is 29.1 Å². The van der Waals surface area contributed by atoms with Gasteiger partial charge in [0, 0.05) is 37.3 Å². The molecule has 4 aromatic rings. The Hall–Kier alpha value is -4.35. The lowest BCUT2D eigenvalue weighted by atomic mass is 10.2. The molecule has 0 saturated heterocycles. The third kappa shape index (κ3) is 4.85. The summed E-state index contributed by atoms with van der Waals surface area (Å²) in [5, 5.41) is 14.6. The summed E-state index contributed by atoms with van der Waals surface area (Å²) in [4.78, 5) is 37.4. The molecule has 11 nitrogen and oxygen atoms in total. The number of hydrogen-bond acceptors (Lipinski definition) is 8. The highest BCUT2D eigenvalue weighted by Crippen LogP contribution is 2.25. The number of rotatable bonds is 8. The zero-order valence-corrected chi connectivity index (χ0v) is 18.6. The molecular formula is C23H23N7O4. The first-order chi connectivity index (χ1) is 16.5. The van der Waals surface area contributed by atoms with Crippen molar-refractivity contribution in [3.05, 3.63) is 71.7 Å². The minimum atomic E-state index is -0.598. The van der Waals surface area contributed by atoms with Crippen molar-refractivity contribution in [1.82, 2.24) is 30.1 Å². The van der Waals surface area contributed by atoms with Gasteiger partial charge in [0.15, 0.2) is 0 Å². The monoisotopic (exact) mass is 461 g/mol. The Morgan fingerprint density at radius 2 is 1.79 bits per heavy atom. The number of aryl methyl sites for hydroxylation is 1. The molecule has 3 aromatic heterocycles. The van der Waals surface area contributed by atoms with Crippen LogP contribution in [0.15, 0.2) is 54.9 Å². The molecule has 0 aliphatic rings. The first-order valence-electron chi connectivity index (χ1n) is 10.4. The number of fused-ring (bicyclic) bond motifs is 1. The Balaban J connectivity index is 1.62. The van der Waals surface area contributed by atoms with Crippen molar-refractivity contribution in [3.8, 4) is 11.4 Å². The predicted octanol–water partition coefficient (Wildman–Crippen LogP) is 2.34. The van der Waals surface area contributed by atoms with Crippen molar-refractivity contribution < 1.29 is 19.5 Å². The lowest BCUT2D eigenvalue weighted by Crippen LogP contribution is -2.27. The van der Waals surface area contributed by atoms with E-state index in [0.29, 0.717) is 47.3 Å². The van der Waals surface area contributed by atoms with Gasteiger partial charge >= 0.3 is 0 Å². The summed E-state index contributed by atoms with van der Waals surface area (Å²) in [5.74, 6) is -0.459. The average molecular weight is 461 g/mol. The highest BCUT2D eigenvalue weighted by molar-refractivity contribution is 5.94. The number of methoxy groups -OCH3 is 1. The number of amides is 2. The van der Waals surface area contributed by atoms with Crippen molar-refractivity contribution in [2.24, 2.45) is 0 Å². The molecule has 174 valence electrons. The third-order valence-electron chi connectivity index (χ3n) is 5.05. The topological polar surface area (TPSA) is 143 Å². The van der Waals surface area contributed by atoms with Gasteiger partial charge in [0.1, 0.15) is 5.65 Å². The van der Waals surface area contributed by atoms with Crippen molar-refractivity contribution in [3.63, 3.8) is 0 Å². The molecule has 0 spiro atoms. The zero-order chi connectivity index (χ0) is 24.1. The molecule has 0 radical (unpaired) electrons. The molecule has 11 heteroatoms. The zero-order valence-electron chi connectivity index (χ0n) is 18.6. The van der Waals surface area contributed by atoms with Gasteiger partial charge in [-0.2, -0.15) is 0 Å². The van der Waals surface area contributed by atoms with E-state index in [4.69, 9.17) is 9.94 Å². The number of benzene rings is 1. The number of ether oxygens (including phenoxy) is 1. The van der Waals surface area contributed by atoms with Crippen LogP contribution in [-0.4, -0.2) is 56.6 Å². The Morgan fingerprint density at radius 1 is 1.03 bits per heavy atom. The predicted molar refractivity (Wildman–Crippen MR) is 124 cm³/mol. The lowest BCUT2D eigenvalue weighted by Gasteiger charge is -2.09. The largest absolute Gasteiger partial charge is 0.383 e. The Bertz CT molecular complexity index is 1340. The maximum absolute atomic E-state index is 12.5. The van der Waals surface area contributed by atoms with Crippen LogP contribution in [0.1, 0.15) is 26.4 Å². The van der Waals surface area contributed by atoms with Gasteiger partial charge in [-0.1, -0.05) is 0 Å². The minimum absolute atomic E-state index is 0.209. The molecule has 2 amide bonds. The molecular weight excluding hydrogens is 438 g/mol. The number of carbonyl (C=O) groups excluding carboxylic acids is 2. The molecule has 0 unspecified atom stereocenters. The molecule has 0 atom stereocenters. The van der Waals surface area contributed by atoms with E-state index in [2.05, 4.69) is 25.6 Å². The Labute approximate surface area is 194 Å². The third-order valence-corrected chi connectivity index (χ3v) is 5.05. The van der Waals surface area contributed by atoms with E-state index in [1.807, 2.05) is 11.3 Å². The Kier molecular flexibility index (Phi) is 6.76. The molecule has 0 fully saturated rings. The van der Waals surface area contributed by atoms with Crippen LogP contribution in [0.25, 0.3) is 17.0 Å². The maximum atomic E-state index is 12.5. The highest BCUT2D eigenvalue weighted by atomic mass is 16.5. The number of nitrogens with zero attached hydrogens (tertiary/aromatic N) is 4. The summed E-state index contributed by atoms with van der Waals surface area (Å²) >= 11 is 0. The molecule has 0 aliphatic heterocycles. The molecule has 3 heterocycles. The number of carbonyl (C=O) groups is 2. The molecule has 0 bridgehead atoms. The fourth-order valence-electron chi connectivity index (χ4n) is 3.42. The molecule has 34 heavy (non-hydrogen) atoms. The van der Waals surface area contributed by atoms with Crippen LogP contribution in [0.2, 0.25) is 0 Å². The summed E-state index contributed by atoms with van der Waals surface area (Å²) in [7, 11) is 1.58. The summed E-state index contributed by atoms with van der Waals surface area (Å²) < 4.78 is 6.80. The van der Waals surface area contributed by atoms with Gasteiger partial charge in [-0.15, -0.1) is 0 Å². The summed E-state index contributed by atoms with van der Waals surface area (Å²) in [6, 6.07) is 11.7. The standard InChI is InChI=1S/C23H23N7O4/c1-14-20(30-13-16(5-8-19(30)26-14)21(31)24-11-12-34-2)18-9-10-25-23(28-18)27-17-6-3-15(4-7-17)22(32)29-33/h3-10,13,33H,11-12H2,1-2H3,(H,24,31)(H,29,32)(H,25,27,28). The number of hydrogen-bond donors (Lipinski definition) is 4. The van der Waals surface area contributed by atoms with Crippen LogP contribution in [-0.2, 0) is 4.74 Å². The van der Waals surface area contributed by atoms with E-state index in [1.54, 1.807) is 67.4 Å². The summed E-state index contributed by atoms with van der Waals surface area (Å²) in [6.45, 7) is 2.72. The number of imidazole rings is 1. The number of nitrogens with one attached hydrogen (secondary N) is 3.